The average Bonchev–Trinajstić information content (AvgIpc) is 2.28. The van der Waals surface area contributed by atoms with Crippen molar-refractivity contribution in [3.05, 3.63) is 35.9 Å². The van der Waals surface area contributed by atoms with E-state index in [1.807, 2.05) is 6.07 Å². The Morgan fingerprint density at radius 3 is 2.13 bits per heavy atom. The summed E-state index contributed by atoms with van der Waals surface area (Å²) in [5, 5.41) is 16.4. The Hall–Kier alpha value is -0.900. The van der Waals surface area contributed by atoms with E-state index in [9.17, 15) is 0 Å². The minimum atomic E-state index is -0.757. The zero-order valence-electron chi connectivity index (χ0n) is 9.39. The molecule has 0 saturated heterocycles. The zero-order chi connectivity index (χ0) is 11.5. The van der Waals surface area contributed by atoms with Crippen LogP contribution in [0.15, 0.2) is 30.3 Å². The van der Waals surface area contributed by atoms with Gasteiger partial charge in [-0.25, -0.2) is 0 Å². The van der Waals surface area contributed by atoms with Gasteiger partial charge in [-0.2, -0.15) is 0 Å². The van der Waals surface area contributed by atoms with Gasteiger partial charge in [-0.1, -0.05) is 37.3 Å². The smallest absolute Gasteiger partial charge is 0.151 e. The molecule has 0 radical (unpaired) electrons. The molecule has 1 aromatic carbocycles. The summed E-state index contributed by atoms with van der Waals surface area (Å²) in [5.74, 6) is 0. The molecular formula is C12H20O3. The van der Waals surface area contributed by atoms with Crippen molar-refractivity contribution < 1.29 is 14.9 Å². The second kappa shape index (κ2) is 9.65. The molecule has 1 aromatic rings. The summed E-state index contributed by atoms with van der Waals surface area (Å²) in [6.07, 6.45) is 0.382. The SMILES string of the molecule is CC(O)OCCO.CCc1ccccc1. The lowest BCUT2D eigenvalue weighted by Gasteiger charge is -2.01. The van der Waals surface area contributed by atoms with Gasteiger partial charge >= 0.3 is 0 Å². The summed E-state index contributed by atoms with van der Waals surface area (Å²) in [4.78, 5) is 0. The van der Waals surface area contributed by atoms with Crippen LogP contribution in [-0.4, -0.2) is 29.7 Å². The van der Waals surface area contributed by atoms with E-state index in [2.05, 4.69) is 35.9 Å². The highest BCUT2D eigenvalue weighted by Gasteiger charge is 1.89. The van der Waals surface area contributed by atoms with Gasteiger partial charge in [0, 0.05) is 0 Å². The number of hydrogen-bond acceptors (Lipinski definition) is 3. The minimum Gasteiger partial charge on any atom is -0.394 e. The summed E-state index contributed by atoms with van der Waals surface area (Å²) < 4.78 is 4.50. The summed E-state index contributed by atoms with van der Waals surface area (Å²) in [6, 6.07) is 10.5. The number of ether oxygens (including phenoxy) is 1. The normalized spacial score (nSPS) is 11.5. The molecule has 2 N–H and O–H groups in total. The van der Waals surface area contributed by atoms with Crippen LogP contribution in [0.3, 0.4) is 0 Å². The minimum absolute atomic E-state index is 0.0368. The fraction of sp³-hybridized carbons (Fsp3) is 0.500. The largest absolute Gasteiger partial charge is 0.394 e. The Morgan fingerprint density at radius 2 is 1.87 bits per heavy atom. The van der Waals surface area contributed by atoms with Crippen LogP contribution < -0.4 is 0 Å². The van der Waals surface area contributed by atoms with E-state index >= 15 is 0 Å². The molecule has 86 valence electrons. The molecule has 0 aliphatic rings. The highest BCUT2D eigenvalue weighted by atomic mass is 16.6. The molecular weight excluding hydrogens is 192 g/mol. The van der Waals surface area contributed by atoms with E-state index in [1.165, 1.54) is 12.5 Å². The average molecular weight is 212 g/mol. The first kappa shape index (κ1) is 14.1. The number of aryl methyl sites for hydroxylation is 1. The van der Waals surface area contributed by atoms with Crippen molar-refractivity contribution in [1.82, 2.24) is 0 Å². The maximum absolute atomic E-state index is 8.35. The third-order valence-corrected chi connectivity index (χ3v) is 1.70. The van der Waals surface area contributed by atoms with Crippen LogP contribution in [0.5, 0.6) is 0 Å². The van der Waals surface area contributed by atoms with Crippen LogP contribution in [0.4, 0.5) is 0 Å². The summed E-state index contributed by atoms with van der Waals surface area (Å²) in [6.45, 7) is 3.83. The predicted molar refractivity (Wildman–Crippen MR) is 60.5 cm³/mol. The number of aliphatic hydroxyl groups excluding tert-OH is 2. The number of rotatable bonds is 4. The summed E-state index contributed by atoms with van der Waals surface area (Å²) in [5.41, 5.74) is 1.41. The highest BCUT2D eigenvalue weighted by Crippen LogP contribution is 1.96. The molecule has 0 amide bonds. The van der Waals surface area contributed by atoms with Gasteiger partial charge in [-0.15, -0.1) is 0 Å². The first-order chi connectivity index (χ1) is 7.20. The molecule has 0 aliphatic heterocycles. The molecule has 3 heteroatoms. The van der Waals surface area contributed by atoms with Crippen molar-refractivity contribution in [2.24, 2.45) is 0 Å². The topological polar surface area (TPSA) is 49.7 Å². The molecule has 0 bridgehead atoms. The molecule has 0 spiro atoms. The van der Waals surface area contributed by atoms with Crippen LogP contribution in [0.1, 0.15) is 19.4 Å². The molecule has 0 fully saturated rings. The Balaban J connectivity index is 0.000000265. The van der Waals surface area contributed by atoms with Crippen molar-refractivity contribution in [1.29, 1.82) is 0 Å². The molecule has 0 heterocycles. The molecule has 1 atom stereocenters. The Labute approximate surface area is 91.3 Å². The van der Waals surface area contributed by atoms with Crippen molar-refractivity contribution in [2.45, 2.75) is 26.6 Å². The van der Waals surface area contributed by atoms with Crippen LogP contribution in [-0.2, 0) is 11.2 Å². The third kappa shape index (κ3) is 9.41. The first-order valence-electron chi connectivity index (χ1n) is 5.15. The zero-order valence-corrected chi connectivity index (χ0v) is 9.39. The second-order valence-electron chi connectivity index (χ2n) is 3.03. The van der Waals surface area contributed by atoms with Gasteiger partial charge in [0.2, 0.25) is 0 Å². The van der Waals surface area contributed by atoms with Gasteiger partial charge in [0.15, 0.2) is 6.29 Å². The fourth-order valence-electron chi connectivity index (χ4n) is 0.937. The lowest BCUT2D eigenvalue weighted by atomic mass is 10.2. The van der Waals surface area contributed by atoms with Crippen LogP contribution in [0.25, 0.3) is 0 Å². The van der Waals surface area contributed by atoms with E-state index < -0.39 is 6.29 Å². The number of hydrogen-bond donors (Lipinski definition) is 2. The standard InChI is InChI=1S/C8H10.C4H10O3/c1-2-8-6-4-3-5-7-8;1-4(6)7-3-2-5/h3-7H,2H2,1H3;4-6H,2-3H2,1H3. The quantitative estimate of drug-likeness (QED) is 0.745. The van der Waals surface area contributed by atoms with Gasteiger partial charge in [0.1, 0.15) is 0 Å². The molecule has 15 heavy (non-hydrogen) atoms. The van der Waals surface area contributed by atoms with Crippen molar-refractivity contribution in [2.75, 3.05) is 13.2 Å². The van der Waals surface area contributed by atoms with Crippen molar-refractivity contribution in [3.8, 4) is 0 Å². The maximum Gasteiger partial charge on any atom is 0.151 e. The van der Waals surface area contributed by atoms with Crippen molar-refractivity contribution in [3.63, 3.8) is 0 Å². The van der Waals surface area contributed by atoms with Crippen molar-refractivity contribution >= 4 is 0 Å². The van der Waals surface area contributed by atoms with Gasteiger partial charge in [0.25, 0.3) is 0 Å². The molecule has 0 saturated carbocycles. The second-order valence-corrected chi connectivity index (χ2v) is 3.03. The predicted octanol–water partition coefficient (Wildman–Crippen LogP) is 1.58. The third-order valence-electron chi connectivity index (χ3n) is 1.70. The number of benzene rings is 1. The Morgan fingerprint density at radius 1 is 1.27 bits per heavy atom. The van der Waals surface area contributed by atoms with Crippen LogP contribution >= 0.6 is 0 Å². The van der Waals surface area contributed by atoms with Gasteiger partial charge in [-0.05, 0) is 18.9 Å². The van der Waals surface area contributed by atoms with Crippen LogP contribution in [0.2, 0.25) is 0 Å². The number of aliphatic hydroxyl groups is 2. The van der Waals surface area contributed by atoms with E-state index in [0.29, 0.717) is 0 Å². The maximum atomic E-state index is 8.35. The van der Waals surface area contributed by atoms with Gasteiger partial charge in [0.05, 0.1) is 13.2 Å². The Bertz CT molecular complexity index is 222. The molecule has 1 unspecified atom stereocenters. The molecule has 1 rings (SSSR count). The summed E-state index contributed by atoms with van der Waals surface area (Å²) >= 11 is 0. The van der Waals surface area contributed by atoms with Gasteiger partial charge in [-0.3, -0.25) is 0 Å². The molecule has 3 nitrogen and oxygen atoms in total. The Kier molecular flexibility index (Phi) is 9.07. The van der Waals surface area contributed by atoms with E-state index in [-0.39, 0.29) is 13.2 Å². The highest BCUT2D eigenvalue weighted by molar-refractivity contribution is 5.13. The molecule has 0 aliphatic carbocycles. The monoisotopic (exact) mass is 212 g/mol. The van der Waals surface area contributed by atoms with E-state index in [0.717, 1.165) is 6.42 Å². The fourth-order valence-corrected chi connectivity index (χ4v) is 0.937. The lowest BCUT2D eigenvalue weighted by Crippen LogP contribution is -2.09. The van der Waals surface area contributed by atoms with E-state index in [4.69, 9.17) is 10.2 Å². The summed E-state index contributed by atoms with van der Waals surface area (Å²) in [7, 11) is 0. The first-order valence-corrected chi connectivity index (χ1v) is 5.15. The lowest BCUT2D eigenvalue weighted by molar-refractivity contribution is -0.0932. The van der Waals surface area contributed by atoms with Crippen LogP contribution in [0, 0.1) is 0 Å². The van der Waals surface area contributed by atoms with E-state index in [1.54, 1.807) is 0 Å². The molecule has 0 aromatic heterocycles. The van der Waals surface area contributed by atoms with Gasteiger partial charge < -0.3 is 14.9 Å².